The summed E-state index contributed by atoms with van der Waals surface area (Å²) in [5.74, 6) is 2.88. The predicted molar refractivity (Wildman–Crippen MR) is 184 cm³/mol. The minimum absolute atomic E-state index is 0.0666. The van der Waals surface area contributed by atoms with Crippen LogP contribution in [0, 0.1) is 24.6 Å². The van der Waals surface area contributed by atoms with Gasteiger partial charge in [0.05, 0.1) is 41.3 Å². The van der Waals surface area contributed by atoms with Crippen LogP contribution in [0.25, 0.3) is 0 Å². The Hall–Kier alpha value is -3.91. The Balaban J connectivity index is 0.000000349. The second-order valence-corrected chi connectivity index (χ2v) is 14.2. The first kappa shape index (κ1) is 35.4. The highest BCUT2D eigenvalue weighted by Crippen LogP contribution is 2.31. The van der Waals surface area contributed by atoms with E-state index < -0.39 is 10.1 Å². The van der Waals surface area contributed by atoms with Crippen molar-refractivity contribution in [1.29, 1.82) is 0 Å². The molecule has 2 fully saturated rings. The molecule has 0 saturated carbocycles. The molecule has 3 N–H and O–H groups in total. The number of piperidine rings is 1. The Morgan fingerprint density at radius 1 is 0.958 bits per heavy atom. The molecule has 48 heavy (non-hydrogen) atoms. The monoisotopic (exact) mass is 697 g/mol. The van der Waals surface area contributed by atoms with Gasteiger partial charge in [0.15, 0.2) is 5.75 Å². The second kappa shape index (κ2) is 16.0. The number of benzene rings is 2. The van der Waals surface area contributed by atoms with Gasteiger partial charge in [-0.1, -0.05) is 54.4 Å². The van der Waals surface area contributed by atoms with Crippen LogP contribution in [0.15, 0.2) is 78.2 Å². The second-order valence-electron chi connectivity index (χ2n) is 12.3. The van der Waals surface area contributed by atoms with Gasteiger partial charge in [-0.3, -0.25) is 4.55 Å². The van der Waals surface area contributed by atoms with Gasteiger partial charge in [-0.15, -0.1) is 0 Å². The van der Waals surface area contributed by atoms with Crippen molar-refractivity contribution in [2.75, 3.05) is 42.6 Å². The summed E-state index contributed by atoms with van der Waals surface area (Å²) in [4.78, 5) is 21.8. The lowest BCUT2D eigenvalue weighted by Gasteiger charge is -2.34. The summed E-state index contributed by atoms with van der Waals surface area (Å²) in [5.41, 5.74) is 7.94. The molecule has 0 amide bonds. The standard InChI is InChI=1S/C27H33ClFN7O.C7H8O3S/c1-18(19-6-9-35(10-7-19)26-31-12-20(28)13-32-26)8-11-37-21-14-33-27(34-15-21)36-16-23(25(30)17-36)22-4-2-3-5-24(22)29;1-6-2-4-7(5-3-6)11(8,9)10/h2-5,12-15,18-19,23,25H,6-11,16-17,30H2,1H3;2-5H,1H3,(H,8,9,10)/t18-,23+,25-;/m1./s1. The minimum Gasteiger partial charge on any atom is -0.490 e. The van der Waals surface area contributed by atoms with E-state index in [0.717, 1.165) is 43.9 Å². The minimum atomic E-state index is -4.02. The Bertz CT molecular complexity index is 1730. The highest BCUT2D eigenvalue weighted by Gasteiger charge is 2.34. The van der Waals surface area contributed by atoms with E-state index in [9.17, 15) is 12.8 Å². The van der Waals surface area contributed by atoms with Crippen LogP contribution in [0.1, 0.15) is 43.2 Å². The normalized spacial score (nSPS) is 19.0. The molecule has 4 aromatic rings. The van der Waals surface area contributed by atoms with Crippen LogP contribution in [0.5, 0.6) is 5.75 Å². The number of anilines is 2. The molecule has 0 aliphatic carbocycles. The number of hydrogen-bond acceptors (Lipinski definition) is 10. The molecule has 6 rings (SSSR count). The number of aryl methyl sites for hydroxylation is 1. The SMILES string of the molecule is C[C@H](CCOc1cnc(N2C[C@@H](N)[C@H](c3ccccc3F)C2)nc1)C1CCN(c2ncc(Cl)cn2)CC1.Cc1ccc(S(=O)(=O)O)cc1. The fourth-order valence-corrected chi connectivity index (χ4v) is 6.67. The summed E-state index contributed by atoms with van der Waals surface area (Å²) in [5, 5.41) is 0.556. The lowest BCUT2D eigenvalue weighted by Crippen LogP contribution is -2.36. The lowest BCUT2D eigenvalue weighted by atomic mass is 9.84. The number of rotatable bonds is 9. The Kier molecular flexibility index (Phi) is 11.8. The molecule has 0 unspecified atom stereocenters. The maximum absolute atomic E-state index is 14.3. The van der Waals surface area contributed by atoms with Gasteiger partial charge in [-0.25, -0.2) is 24.3 Å². The van der Waals surface area contributed by atoms with Crippen LogP contribution in [0.4, 0.5) is 16.3 Å². The smallest absolute Gasteiger partial charge is 0.294 e. The maximum atomic E-state index is 14.3. The van der Waals surface area contributed by atoms with E-state index in [2.05, 4.69) is 31.8 Å². The molecule has 2 aliphatic rings. The zero-order valence-corrected chi connectivity index (χ0v) is 28.6. The first-order valence-corrected chi connectivity index (χ1v) is 17.8. The van der Waals surface area contributed by atoms with Crippen molar-refractivity contribution in [2.45, 2.75) is 50.0 Å². The predicted octanol–water partition coefficient (Wildman–Crippen LogP) is 5.55. The summed E-state index contributed by atoms with van der Waals surface area (Å²) >= 11 is 5.90. The third-order valence-corrected chi connectivity index (χ3v) is 10.0. The van der Waals surface area contributed by atoms with E-state index in [1.54, 1.807) is 49.1 Å². The number of aromatic nitrogens is 4. The molecule has 2 aliphatic heterocycles. The average molecular weight is 698 g/mol. The van der Waals surface area contributed by atoms with Gasteiger partial charge < -0.3 is 20.3 Å². The summed E-state index contributed by atoms with van der Waals surface area (Å²) in [7, 11) is -4.02. The molecule has 11 nitrogen and oxygen atoms in total. The first-order chi connectivity index (χ1) is 23.0. The summed E-state index contributed by atoms with van der Waals surface area (Å²) in [6.07, 6.45) is 9.89. The highest BCUT2D eigenvalue weighted by molar-refractivity contribution is 7.85. The molecule has 2 aromatic carbocycles. The number of ether oxygens (including phenoxy) is 1. The fourth-order valence-electron chi connectivity index (χ4n) is 6.09. The highest BCUT2D eigenvalue weighted by atomic mass is 35.5. The van der Waals surface area contributed by atoms with E-state index in [0.29, 0.717) is 53.8 Å². The van der Waals surface area contributed by atoms with Gasteiger partial charge >= 0.3 is 0 Å². The number of halogens is 2. The summed E-state index contributed by atoms with van der Waals surface area (Å²) < 4.78 is 49.8. The van der Waals surface area contributed by atoms with Crippen molar-refractivity contribution in [1.82, 2.24) is 19.9 Å². The Morgan fingerprint density at radius 3 is 2.19 bits per heavy atom. The number of nitrogens with zero attached hydrogens (tertiary/aromatic N) is 6. The van der Waals surface area contributed by atoms with Crippen molar-refractivity contribution < 1.29 is 22.1 Å². The zero-order chi connectivity index (χ0) is 34.3. The third kappa shape index (κ3) is 9.37. The average Bonchev–Trinajstić information content (AvgIpc) is 3.47. The number of hydrogen-bond donors (Lipinski definition) is 2. The largest absolute Gasteiger partial charge is 0.490 e. The van der Waals surface area contributed by atoms with Gasteiger partial charge in [0.1, 0.15) is 5.82 Å². The van der Waals surface area contributed by atoms with Crippen molar-refractivity contribution in [3.63, 3.8) is 0 Å². The van der Waals surface area contributed by atoms with Crippen molar-refractivity contribution in [3.8, 4) is 5.75 Å². The van der Waals surface area contributed by atoms with Gasteiger partial charge in [-0.2, -0.15) is 8.42 Å². The lowest BCUT2D eigenvalue weighted by molar-refractivity contribution is 0.222. The van der Waals surface area contributed by atoms with E-state index in [4.69, 9.17) is 26.6 Å². The number of nitrogens with two attached hydrogens (primary N) is 1. The van der Waals surface area contributed by atoms with Gasteiger partial charge in [-0.05, 0) is 61.8 Å². The van der Waals surface area contributed by atoms with Crippen molar-refractivity contribution in [3.05, 3.63) is 95.3 Å². The van der Waals surface area contributed by atoms with Crippen molar-refractivity contribution in [2.24, 2.45) is 17.6 Å². The first-order valence-electron chi connectivity index (χ1n) is 15.9. The molecule has 3 atom stereocenters. The van der Waals surface area contributed by atoms with E-state index in [1.807, 2.05) is 17.9 Å². The Morgan fingerprint density at radius 2 is 1.56 bits per heavy atom. The van der Waals surface area contributed by atoms with Crippen LogP contribution in [0.3, 0.4) is 0 Å². The molecule has 0 radical (unpaired) electrons. The van der Waals surface area contributed by atoms with Crippen LogP contribution in [-0.4, -0.2) is 71.7 Å². The third-order valence-electron chi connectivity index (χ3n) is 8.96. The van der Waals surface area contributed by atoms with Gasteiger partial charge in [0.25, 0.3) is 10.1 Å². The molecule has 2 aromatic heterocycles. The van der Waals surface area contributed by atoms with E-state index in [-0.39, 0.29) is 22.7 Å². The molecular formula is C34H41ClFN7O4S. The van der Waals surface area contributed by atoms with Crippen molar-refractivity contribution >= 4 is 33.6 Å². The molecule has 14 heteroatoms. The van der Waals surface area contributed by atoms with Crippen LogP contribution >= 0.6 is 11.6 Å². The molecule has 256 valence electrons. The summed E-state index contributed by atoms with van der Waals surface area (Å²) in [6.45, 7) is 7.82. The van der Waals surface area contributed by atoms with E-state index >= 15 is 0 Å². The molecule has 0 bridgehead atoms. The zero-order valence-electron chi connectivity index (χ0n) is 27.0. The van der Waals surface area contributed by atoms with Crippen LogP contribution in [0.2, 0.25) is 5.02 Å². The van der Waals surface area contributed by atoms with Crippen LogP contribution < -0.4 is 20.3 Å². The van der Waals surface area contributed by atoms with E-state index in [1.165, 1.54) is 18.2 Å². The fraction of sp³-hybridized carbons (Fsp3) is 0.412. The topological polar surface area (TPSA) is 148 Å². The van der Waals surface area contributed by atoms with Crippen LogP contribution in [-0.2, 0) is 10.1 Å². The quantitative estimate of drug-likeness (QED) is 0.212. The summed E-state index contributed by atoms with van der Waals surface area (Å²) in [6, 6.07) is 12.6. The maximum Gasteiger partial charge on any atom is 0.294 e. The molecular weight excluding hydrogens is 657 g/mol. The molecule has 4 heterocycles. The molecule has 0 spiro atoms. The van der Waals surface area contributed by atoms with Gasteiger partial charge in [0.2, 0.25) is 11.9 Å². The molecule has 2 saturated heterocycles. The Labute approximate surface area is 286 Å². The van der Waals surface area contributed by atoms with Gasteiger partial charge in [0, 0.05) is 38.1 Å².